The van der Waals surface area contributed by atoms with Gasteiger partial charge >= 0.3 is 6.85 Å². The average molecular weight is 1050 g/mol. The molecule has 0 radical (unpaired) electrons. The smallest absolute Gasteiger partial charge is 0.333 e. The zero-order chi connectivity index (χ0) is 52.3. The van der Waals surface area contributed by atoms with E-state index in [1.807, 2.05) is 0 Å². The first-order valence-electron chi connectivity index (χ1n) is 33.5. The molecule has 0 saturated heterocycles. The van der Waals surface area contributed by atoms with E-state index in [-0.39, 0.29) is 28.5 Å². The second-order valence-electron chi connectivity index (χ2n) is 31.0. The van der Waals surface area contributed by atoms with Gasteiger partial charge in [-0.3, -0.25) is 0 Å². The van der Waals surface area contributed by atoms with Crippen LogP contribution in [-0.2, 0) is 21.7 Å². The molecule has 3 aromatic heterocycles. The SMILES string of the molecule is CCC1(c2ccc3c(c2)c2cc(C45CCC6CC(CC6C4)C5)cc4c2n3B2c3c-4cc4c(oc5ccccc54)c3-n3c4ccc(C5(CC)CC6CCC(C6)C5)cc4c4cc(C5(CC)CC6CCC(C6)C5)cc2c43)CC2CCC(C2)C1. The number of para-hydroxylation sites is 1. The van der Waals surface area contributed by atoms with Gasteiger partial charge in [-0.25, -0.2) is 0 Å². The molecule has 9 saturated carbocycles. The summed E-state index contributed by atoms with van der Waals surface area (Å²) in [7, 11) is 0. The van der Waals surface area contributed by atoms with Gasteiger partial charge in [0.05, 0.1) is 16.7 Å². The lowest BCUT2D eigenvalue weighted by Crippen LogP contribution is -2.55. The van der Waals surface area contributed by atoms with E-state index >= 15 is 0 Å². The van der Waals surface area contributed by atoms with Crippen LogP contribution in [0, 0.1) is 53.3 Å². The molecule has 9 bridgehead atoms. The number of aromatic nitrogens is 2. The number of furan rings is 1. The highest BCUT2D eigenvalue weighted by Crippen LogP contribution is 2.63. The monoisotopic (exact) mass is 1050 g/mol. The summed E-state index contributed by atoms with van der Waals surface area (Å²) in [6, 6.07) is 39.3. The summed E-state index contributed by atoms with van der Waals surface area (Å²) in [6.45, 7) is 7.64. The third kappa shape index (κ3) is 5.82. The van der Waals surface area contributed by atoms with Crippen molar-refractivity contribution in [2.24, 2.45) is 53.3 Å². The molecule has 404 valence electrons. The molecule has 3 nitrogen and oxygen atoms in total. The van der Waals surface area contributed by atoms with E-state index in [1.54, 1.807) is 33.1 Å². The van der Waals surface area contributed by atoms with E-state index in [9.17, 15) is 0 Å². The van der Waals surface area contributed by atoms with Gasteiger partial charge in [-0.15, -0.1) is 0 Å². The van der Waals surface area contributed by atoms with Gasteiger partial charge in [0.25, 0.3) is 0 Å². The molecule has 5 heterocycles. The molecule has 4 heteroatoms. The summed E-state index contributed by atoms with van der Waals surface area (Å²) in [5, 5.41) is 8.58. The summed E-state index contributed by atoms with van der Waals surface area (Å²) in [4.78, 5) is 0. The molecule has 2 aliphatic heterocycles. The molecule has 0 N–H and O–H groups in total. The Labute approximate surface area is 474 Å². The van der Waals surface area contributed by atoms with Crippen LogP contribution in [0.25, 0.3) is 82.4 Å². The third-order valence-corrected chi connectivity index (χ3v) is 27.6. The largest absolute Gasteiger partial charge is 0.454 e. The average Bonchev–Trinajstić information content (AvgIpc) is 3.14. The molecule has 80 heavy (non-hydrogen) atoms. The van der Waals surface area contributed by atoms with Gasteiger partial charge in [-0.1, -0.05) is 95.7 Å². The molecule has 6 aromatic carbocycles. The fourth-order valence-electron chi connectivity index (χ4n) is 24.2. The lowest BCUT2D eigenvalue weighted by Gasteiger charge is -2.46. The van der Waals surface area contributed by atoms with Crippen LogP contribution in [0.3, 0.4) is 0 Å². The van der Waals surface area contributed by atoms with Crippen LogP contribution in [0.4, 0.5) is 0 Å². The topological polar surface area (TPSA) is 23.0 Å². The number of hydrogen-bond acceptors (Lipinski definition) is 1. The van der Waals surface area contributed by atoms with Crippen molar-refractivity contribution in [3.63, 3.8) is 0 Å². The summed E-state index contributed by atoms with van der Waals surface area (Å²) < 4.78 is 13.3. The maximum absolute atomic E-state index is 7.47. The molecule has 10 unspecified atom stereocenters. The van der Waals surface area contributed by atoms with Gasteiger partial charge in [0.2, 0.25) is 0 Å². The van der Waals surface area contributed by atoms with Crippen molar-refractivity contribution in [2.75, 3.05) is 0 Å². The number of nitrogens with zero attached hydrogens (tertiary/aromatic N) is 2. The highest BCUT2D eigenvalue weighted by molar-refractivity contribution is 6.90. The Kier molecular flexibility index (Phi) is 9.08. The Hall–Kier alpha value is -5.22. The van der Waals surface area contributed by atoms with E-state index in [2.05, 4.69) is 121 Å². The predicted molar refractivity (Wildman–Crippen MR) is 333 cm³/mol. The molecule has 9 aromatic rings. The van der Waals surface area contributed by atoms with Crippen molar-refractivity contribution >= 4 is 83.3 Å². The van der Waals surface area contributed by atoms with Crippen LogP contribution >= 0.6 is 0 Å². The quantitative estimate of drug-likeness (QED) is 0.146. The Morgan fingerprint density at radius 1 is 0.463 bits per heavy atom. The molecule has 10 atom stereocenters. The minimum atomic E-state index is 0.00973. The second kappa shape index (κ2) is 15.7. The fraction of sp³-hybridized carbons (Fsp3) is 0.526. The van der Waals surface area contributed by atoms with Crippen molar-refractivity contribution in [1.82, 2.24) is 9.05 Å². The predicted octanol–water partition coefficient (Wildman–Crippen LogP) is 18.8. The van der Waals surface area contributed by atoms with Crippen molar-refractivity contribution in [3.05, 3.63) is 113 Å². The van der Waals surface area contributed by atoms with Crippen LogP contribution in [0.15, 0.2) is 95.4 Å². The van der Waals surface area contributed by atoms with E-state index in [1.165, 1.54) is 225 Å². The van der Waals surface area contributed by atoms with Crippen LogP contribution in [0.5, 0.6) is 0 Å². The van der Waals surface area contributed by atoms with E-state index in [4.69, 9.17) is 4.42 Å². The second-order valence-corrected chi connectivity index (χ2v) is 31.0. The van der Waals surface area contributed by atoms with Crippen molar-refractivity contribution in [3.8, 4) is 16.8 Å². The minimum absolute atomic E-state index is 0.00973. The molecule has 9 aliphatic carbocycles. The highest BCUT2D eigenvalue weighted by atomic mass is 16.3. The maximum Gasteiger partial charge on any atom is 0.333 e. The lowest BCUT2D eigenvalue weighted by molar-refractivity contribution is 0.139. The summed E-state index contributed by atoms with van der Waals surface area (Å²) in [6.07, 6.45) is 33.4. The van der Waals surface area contributed by atoms with Gasteiger partial charge in [-0.05, 0) is 284 Å². The summed E-state index contributed by atoms with van der Waals surface area (Å²) in [5.41, 5.74) is 22.7. The molecular weight excluding hydrogens is 968 g/mol. The number of benzene rings is 6. The molecule has 9 fully saturated rings. The van der Waals surface area contributed by atoms with Crippen LogP contribution in [0.2, 0.25) is 0 Å². The van der Waals surface area contributed by atoms with Crippen molar-refractivity contribution in [1.29, 1.82) is 0 Å². The number of fused-ring (bicyclic) bond motifs is 22. The van der Waals surface area contributed by atoms with Gasteiger partial charge in [-0.2, -0.15) is 0 Å². The first-order chi connectivity index (χ1) is 39.2. The summed E-state index contributed by atoms with van der Waals surface area (Å²) in [5.74, 6) is 7.99. The number of hydrogen-bond donors (Lipinski definition) is 0. The zero-order valence-corrected chi connectivity index (χ0v) is 48.2. The summed E-state index contributed by atoms with van der Waals surface area (Å²) >= 11 is 0. The Morgan fingerprint density at radius 2 is 1.04 bits per heavy atom. The van der Waals surface area contributed by atoms with Gasteiger partial charge in [0.15, 0.2) is 5.58 Å². The standard InChI is InChI=1S/C76H81BN2O/c1-4-73(35-43-11-12-44(23-43)36-73)52-17-19-65-57(28-52)61-32-55(75(6-3)39-47-15-16-48(25-47)40-75)33-64-70(61)78(65)71-68-59(34-63-56-9-7-8-10-67(56)80-72(63)71)62-31-54(76-22-21-50-26-49(41-76)27-51(50)42-76)30-60-58-29-53(18-20-66(58)79(69(60)62)77(64)68)74(5-2)37-45-13-14-46(24-45)38-74/h7-10,17-20,28-34,43-51H,4-6,11-16,21-27,35-42H2,1-3H3. The first-order valence-corrected chi connectivity index (χ1v) is 33.5. The molecule has 20 rings (SSSR count). The Balaban J connectivity index is 0.928. The van der Waals surface area contributed by atoms with Gasteiger partial charge in [0, 0.05) is 48.9 Å². The van der Waals surface area contributed by atoms with Gasteiger partial charge in [0.1, 0.15) is 5.58 Å². The molecule has 11 aliphatic rings. The first kappa shape index (κ1) is 46.3. The Bertz CT molecular complexity index is 4180. The third-order valence-electron chi connectivity index (χ3n) is 27.6. The van der Waals surface area contributed by atoms with Crippen LogP contribution in [0.1, 0.15) is 197 Å². The van der Waals surface area contributed by atoms with Crippen molar-refractivity contribution < 1.29 is 4.42 Å². The fourth-order valence-corrected chi connectivity index (χ4v) is 24.2. The van der Waals surface area contributed by atoms with E-state index in [0.717, 1.165) is 64.4 Å². The molecule has 0 spiro atoms. The maximum atomic E-state index is 7.47. The normalized spacial score (nSPS) is 35.8. The Morgan fingerprint density at radius 3 is 1.70 bits per heavy atom. The molecular formula is C76H81BN2O. The minimum Gasteiger partial charge on any atom is -0.454 e. The lowest BCUT2D eigenvalue weighted by atomic mass is 9.45. The number of rotatable bonds is 7. The van der Waals surface area contributed by atoms with Crippen molar-refractivity contribution in [2.45, 2.75) is 197 Å². The van der Waals surface area contributed by atoms with E-state index in [0.29, 0.717) is 0 Å². The molecule has 0 amide bonds. The van der Waals surface area contributed by atoms with Crippen LogP contribution < -0.4 is 10.9 Å². The zero-order valence-electron chi connectivity index (χ0n) is 48.2. The van der Waals surface area contributed by atoms with Crippen LogP contribution in [-0.4, -0.2) is 15.9 Å². The van der Waals surface area contributed by atoms with E-state index < -0.39 is 0 Å². The van der Waals surface area contributed by atoms with Gasteiger partial charge < -0.3 is 13.5 Å². The highest BCUT2D eigenvalue weighted by Gasteiger charge is 2.54.